The van der Waals surface area contributed by atoms with Crippen molar-refractivity contribution in [3.63, 3.8) is 0 Å². The van der Waals surface area contributed by atoms with Crippen LogP contribution < -0.4 is 5.46 Å². The number of hydrogen-bond acceptors (Lipinski definition) is 4. The molecule has 0 spiro atoms. The van der Waals surface area contributed by atoms with E-state index < -0.39 is 29.1 Å². The summed E-state index contributed by atoms with van der Waals surface area (Å²) < 4.78 is 23.7. The molecular formula is C13H19BO4S. The van der Waals surface area contributed by atoms with Gasteiger partial charge in [0.2, 0.25) is 0 Å². The number of benzene rings is 1. The van der Waals surface area contributed by atoms with Crippen LogP contribution in [0.2, 0.25) is 0 Å². The fourth-order valence-corrected chi connectivity index (χ4v) is 2.87. The van der Waals surface area contributed by atoms with E-state index >= 15 is 0 Å². The number of phenols is 1. The molecule has 0 saturated carbocycles. The second-order valence-corrected chi connectivity index (χ2v) is 7.05. The highest BCUT2D eigenvalue weighted by Crippen LogP contribution is 2.37. The van der Waals surface area contributed by atoms with Gasteiger partial charge in [-0.05, 0) is 33.8 Å². The van der Waals surface area contributed by atoms with Gasteiger partial charge in [0.05, 0.1) is 26.9 Å². The maximum absolute atomic E-state index is 11.8. The topological polar surface area (TPSA) is 55.8 Å². The molecule has 0 aliphatic carbocycles. The lowest BCUT2D eigenvalue weighted by Crippen LogP contribution is -2.41. The van der Waals surface area contributed by atoms with Gasteiger partial charge in [0.15, 0.2) is 0 Å². The van der Waals surface area contributed by atoms with Gasteiger partial charge in [0.25, 0.3) is 0 Å². The molecule has 1 aliphatic heterocycles. The van der Waals surface area contributed by atoms with Gasteiger partial charge in [0.1, 0.15) is 5.75 Å². The van der Waals surface area contributed by atoms with E-state index in [-0.39, 0.29) is 5.75 Å². The van der Waals surface area contributed by atoms with Crippen molar-refractivity contribution in [2.24, 2.45) is 0 Å². The SMILES string of the molecule is CS(=O)c1c(O)cccc1B1OC(C)(C)C(C)(C)O1. The minimum atomic E-state index is -1.31. The van der Waals surface area contributed by atoms with Crippen molar-refractivity contribution in [1.29, 1.82) is 0 Å². The molecule has 1 atom stereocenters. The van der Waals surface area contributed by atoms with Crippen LogP contribution in [-0.2, 0) is 20.1 Å². The Balaban J connectivity index is 2.46. The average molecular weight is 282 g/mol. The van der Waals surface area contributed by atoms with Crippen LogP contribution in [0, 0.1) is 0 Å². The highest BCUT2D eigenvalue weighted by atomic mass is 32.2. The van der Waals surface area contributed by atoms with Crippen LogP contribution in [0.5, 0.6) is 5.75 Å². The summed E-state index contributed by atoms with van der Waals surface area (Å²) in [5.74, 6) is 0.00745. The van der Waals surface area contributed by atoms with Crippen LogP contribution in [0.15, 0.2) is 23.1 Å². The van der Waals surface area contributed by atoms with Crippen LogP contribution in [0.25, 0.3) is 0 Å². The van der Waals surface area contributed by atoms with E-state index in [1.54, 1.807) is 12.1 Å². The van der Waals surface area contributed by atoms with Crippen molar-refractivity contribution in [1.82, 2.24) is 0 Å². The standard InChI is InChI=1S/C13H19BO4S/c1-12(2)13(3,4)18-14(17-12)9-7-6-8-10(15)11(9)19(5)16/h6-8,15H,1-5H3. The second-order valence-electron chi connectivity index (χ2n) is 5.74. The molecule has 1 fully saturated rings. The van der Waals surface area contributed by atoms with E-state index in [1.807, 2.05) is 27.7 Å². The highest BCUT2D eigenvalue weighted by molar-refractivity contribution is 7.84. The second kappa shape index (κ2) is 4.61. The molecule has 2 rings (SSSR count). The third-order valence-electron chi connectivity index (χ3n) is 3.82. The fourth-order valence-electron chi connectivity index (χ4n) is 2.01. The largest absolute Gasteiger partial charge is 0.507 e. The molecule has 0 aromatic heterocycles. The molecule has 1 aromatic carbocycles. The Morgan fingerprint density at radius 1 is 1.16 bits per heavy atom. The summed E-state index contributed by atoms with van der Waals surface area (Å²) in [5.41, 5.74) is -0.301. The summed E-state index contributed by atoms with van der Waals surface area (Å²) in [6.07, 6.45) is 1.53. The molecule has 6 heteroatoms. The first-order chi connectivity index (χ1) is 8.66. The Morgan fingerprint density at radius 3 is 2.16 bits per heavy atom. The van der Waals surface area contributed by atoms with Gasteiger partial charge in [-0.15, -0.1) is 0 Å². The number of phenolic OH excluding ortho intramolecular Hbond substituents is 1. The summed E-state index contributed by atoms with van der Waals surface area (Å²) in [7, 11) is -1.92. The van der Waals surface area contributed by atoms with Crippen molar-refractivity contribution < 1.29 is 18.6 Å². The molecule has 104 valence electrons. The summed E-state index contributed by atoms with van der Waals surface area (Å²) >= 11 is 0. The Morgan fingerprint density at radius 2 is 1.68 bits per heavy atom. The minimum absolute atomic E-state index is 0.00745. The third kappa shape index (κ3) is 2.44. The summed E-state index contributed by atoms with van der Waals surface area (Å²) in [4.78, 5) is 0.376. The van der Waals surface area contributed by atoms with Crippen molar-refractivity contribution in [3.8, 4) is 5.75 Å². The molecule has 0 bridgehead atoms. The van der Waals surface area contributed by atoms with Gasteiger partial charge >= 0.3 is 7.12 Å². The van der Waals surface area contributed by atoms with Crippen LogP contribution in [0.4, 0.5) is 0 Å². The Labute approximate surface area is 116 Å². The third-order valence-corrected chi connectivity index (χ3v) is 4.84. The number of rotatable bonds is 2. The lowest BCUT2D eigenvalue weighted by Gasteiger charge is -2.32. The van der Waals surface area contributed by atoms with Crippen LogP contribution in [-0.4, -0.2) is 33.9 Å². The summed E-state index contributed by atoms with van der Waals surface area (Å²) in [6.45, 7) is 7.83. The van der Waals surface area contributed by atoms with Gasteiger partial charge < -0.3 is 14.4 Å². The summed E-state index contributed by atoms with van der Waals surface area (Å²) in [5, 5.41) is 9.88. The van der Waals surface area contributed by atoms with E-state index in [2.05, 4.69) is 0 Å². The highest BCUT2D eigenvalue weighted by Gasteiger charge is 2.52. The van der Waals surface area contributed by atoms with Gasteiger partial charge in [-0.3, -0.25) is 4.21 Å². The average Bonchev–Trinajstić information content (AvgIpc) is 2.47. The maximum atomic E-state index is 11.8. The molecule has 1 aliphatic rings. The van der Waals surface area contributed by atoms with E-state index in [4.69, 9.17) is 9.31 Å². The number of hydrogen-bond donors (Lipinski definition) is 1. The molecule has 0 amide bonds. The van der Waals surface area contributed by atoms with Crippen molar-refractivity contribution >= 4 is 23.4 Å². The maximum Gasteiger partial charge on any atom is 0.496 e. The first-order valence-electron chi connectivity index (χ1n) is 6.16. The van der Waals surface area contributed by atoms with Gasteiger partial charge in [-0.1, -0.05) is 12.1 Å². The van der Waals surface area contributed by atoms with Gasteiger partial charge in [-0.2, -0.15) is 0 Å². The first kappa shape index (κ1) is 14.6. The molecule has 0 radical (unpaired) electrons. The van der Waals surface area contributed by atoms with Crippen molar-refractivity contribution in [2.45, 2.75) is 43.8 Å². The minimum Gasteiger partial charge on any atom is -0.507 e. The first-order valence-corrected chi connectivity index (χ1v) is 7.72. The quantitative estimate of drug-likeness (QED) is 0.834. The van der Waals surface area contributed by atoms with Crippen LogP contribution in [0.3, 0.4) is 0 Å². The van der Waals surface area contributed by atoms with Gasteiger partial charge in [0, 0.05) is 11.7 Å². The monoisotopic (exact) mass is 282 g/mol. The van der Waals surface area contributed by atoms with E-state index in [1.165, 1.54) is 12.3 Å². The van der Waals surface area contributed by atoms with Crippen molar-refractivity contribution in [3.05, 3.63) is 18.2 Å². The molecule has 1 saturated heterocycles. The number of aromatic hydroxyl groups is 1. The van der Waals surface area contributed by atoms with E-state index in [0.29, 0.717) is 10.4 Å². The zero-order chi connectivity index (χ0) is 14.4. The molecule has 1 unspecified atom stereocenters. The van der Waals surface area contributed by atoms with E-state index in [9.17, 15) is 9.32 Å². The fraction of sp³-hybridized carbons (Fsp3) is 0.538. The molecule has 19 heavy (non-hydrogen) atoms. The van der Waals surface area contributed by atoms with Crippen molar-refractivity contribution in [2.75, 3.05) is 6.26 Å². The van der Waals surface area contributed by atoms with Gasteiger partial charge in [-0.25, -0.2) is 0 Å². The Bertz CT molecular complexity index is 511. The molecule has 4 nitrogen and oxygen atoms in total. The Hall–Kier alpha value is -0.845. The molecular weight excluding hydrogens is 263 g/mol. The lowest BCUT2D eigenvalue weighted by molar-refractivity contribution is 0.00578. The normalized spacial score (nSPS) is 22.5. The zero-order valence-corrected chi connectivity index (χ0v) is 12.7. The predicted molar refractivity (Wildman–Crippen MR) is 76.2 cm³/mol. The predicted octanol–water partition coefficient (Wildman–Crippen LogP) is 1.43. The molecule has 1 aromatic rings. The van der Waals surface area contributed by atoms with E-state index in [0.717, 1.165) is 0 Å². The lowest BCUT2D eigenvalue weighted by atomic mass is 9.79. The van der Waals surface area contributed by atoms with Crippen LogP contribution >= 0.6 is 0 Å². The summed E-state index contributed by atoms with van der Waals surface area (Å²) in [6, 6.07) is 5.00. The van der Waals surface area contributed by atoms with Crippen LogP contribution in [0.1, 0.15) is 27.7 Å². The molecule has 1 N–H and O–H groups in total. The zero-order valence-electron chi connectivity index (χ0n) is 11.9. The smallest absolute Gasteiger partial charge is 0.496 e. The molecule has 1 heterocycles. The Kier molecular flexibility index (Phi) is 3.54.